The molecule has 2 rings (SSSR count). The minimum atomic E-state index is -0.200. The van der Waals surface area contributed by atoms with Crippen LogP contribution in [0.15, 0.2) is 54.6 Å². The molecule has 0 N–H and O–H groups in total. The summed E-state index contributed by atoms with van der Waals surface area (Å²) in [5.74, 6) is 1.73. The Morgan fingerprint density at radius 3 is 2.35 bits per heavy atom. The van der Waals surface area contributed by atoms with Gasteiger partial charge < -0.3 is 4.74 Å². The maximum Gasteiger partial charge on any atom is 0.127 e. The second-order valence-corrected chi connectivity index (χ2v) is 5.03. The van der Waals surface area contributed by atoms with Crippen molar-refractivity contribution in [2.45, 2.75) is 19.8 Å². The first kappa shape index (κ1) is 14.1. The maximum absolute atomic E-state index is 9.29. The van der Waals surface area contributed by atoms with Crippen LogP contribution in [-0.2, 0) is 0 Å². The summed E-state index contributed by atoms with van der Waals surface area (Å²) in [7, 11) is 0. The Morgan fingerprint density at radius 1 is 1.00 bits per heavy atom. The van der Waals surface area contributed by atoms with Gasteiger partial charge in [-0.3, -0.25) is 0 Å². The maximum atomic E-state index is 9.29. The van der Waals surface area contributed by atoms with Crippen molar-refractivity contribution in [1.82, 2.24) is 0 Å². The van der Waals surface area contributed by atoms with Gasteiger partial charge in [0.15, 0.2) is 0 Å². The van der Waals surface area contributed by atoms with Crippen LogP contribution in [-0.4, -0.2) is 0 Å². The summed E-state index contributed by atoms with van der Waals surface area (Å²) in [5.41, 5.74) is 0.967. The van der Waals surface area contributed by atoms with Crippen molar-refractivity contribution >= 4 is 0 Å². The van der Waals surface area contributed by atoms with Crippen molar-refractivity contribution in [1.29, 1.82) is 5.26 Å². The van der Waals surface area contributed by atoms with E-state index >= 15 is 0 Å². The van der Waals surface area contributed by atoms with Gasteiger partial charge in [0.1, 0.15) is 11.5 Å². The van der Waals surface area contributed by atoms with Gasteiger partial charge in [0, 0.05) is 0 Å². The van der Waals surface area contributed by atoms with Crippen molar-refractivity contribution in [3.63, 3.8) is 0 Å². The summed E-state index contributed by atoms with van der Waals surface area (Å²) >= 11 is 0. The molecule has 0 saturated carbocycles. The predicted molar refractivity (Wildman–Crippen MR) is 80.5 cm³/mol. The first-order valence-corrected chi connectivity index (χ1v) is 6.76. The largest absolute Gasteiger partial charge is 0.457 e. The van der Waals surface area contributed by atoms with Crippen LogP contribution in [0.3, 0.4) is 0 Å². The van der Waals surface area contributed by atoms with Crippen LogP contribution >= 0.6 is 0 Å². The molecule has 0 bridgehead atoms. The summed E-state index contributed by atoms with van der Waals surface area (Å²) < 4.78 is 5.80. The van der Waals surface area contributed by atoms with Crippen LogP contribution in [0.5, 0.6) is 11.5 Å². The van der Waals surface area contributed by atoms with Crippen molar-refractivity contribution in [2.75, 3.05) is 0 Å². The normalized spacial score (nSPS) is 11.9. The topological polar surface area (TPSA) is 33.0 Å². The fourth-order valence-corrected chi connectivity index (χ4v) is 2.01. The lowest BCUT2D eigenvalue weighted by Gasteiger charge is -2.13. The van der Waals surface area contributed by atoms with Gasteiger partial charge in [-0.2, -0.15) is 5.26 Å². The molecule has 2 aromatic carbocycles. The molecule has 0 aliphatic rings. The Labute approximate surface area is 120 Å². The quantitative estimate of drug-likeness (QED) is 0.765. The zero-order chi connectivity index (χ0) is 14.4. The zero-order valence-electron chi connectivity index (χ0n) is 11.8. The van der Waals surface area contributed by atoms with Gasteiger partial charge in [-0.1, -0.05) is 44.2 Å². The van der Waals surface area contributed by atoms with E-state index in [2.05, 4.69) is 19.9 Å². The molecule has 0 fully saturated rings. The molecule has 1 unspecified atom stereocenters. The van der Waals surface area contributed by atoms with Crippen molar-refractivity contribution in [2.24, 2.45) is 5.92 Å². The van der Waals surface area contributed by atoms with Gasteiger partial charge in [0.05, 0.1) is 12.0 Å². The fourth-order valence-electron chi connectivity index (χ4n) is 2.01. The van der Waals surface area contributed by atoms with E-state index in [-0.39, 0.29) is 5.92 Å². The first-order valence-electron chi connectivity index (χ1n) is 6.76. The molecule has 0 saturated heterocycles. The van der Waals surface area contributed by atoms with Gasteiger partial charge >= 0.3 is 0 Å². The Hall–Kier alpha value is -2.27. The number of nitrogens with zero attached hydrogens (tertiary/aromatic N) is 1. The van der Waals surface area contributed by atoms with Crippen LogP contribution in [0, 0.1) is 23.7 Å². The van der Waals surface area contributed by atoms with E-state index < -0.39 is 0 Å². The monoisotopic (exact) mass is 264 g/mol. The standard InChI is InChI=1S/C18H18NO/c1-14(2)11-16(13-19)15-7-6-10-18(12-15)20-17-8-4-3-5-9-17/h3-12,14,16H,1-2H3. The number of nitriles is 1. The Bertz CT molecular complexity index is 584. The third-order valence-electron chi connectivity index (χ3n) is 2.91. The summed E-state index contributed by atoms with van der Waals surface area (Å²) in [6.45, 7) is 4.16. The highest BCUT2D eigenvalue weighted by atomic mass is 16.5. The lowest BCUT2D eigenvalue weighted by molar-refractivity contribution is 0.481. The molecule has 20 heavy (non-hydrogen) atoms. The highest BCUT2D eigenvalue weighted by molar-refractivity contribution is 5.38. The molecule has 2 heteroatoms. The van der Waals surface area contributed by atoms with Crippen LogP contribution in [0.25, 0.3) is 0 Å². The van der Waals surface area contributed by atoms with E-state index in [1.807, 2.05) is 61.0 Å². The Balaban J connectivity index is 2.17. The van der Waals surface area contributed by atoms with Crippen molar-refractivity contribution in [3.05, 3.63) is 66.6 Å². The fraction of sp³-hybridized carbons (Fsp3) is 0.222. The van der Waals surface area contributed by atoms with Gasteiger partial charge in [-0.05, 0) is 42.2 Å². The number of ether oxygens (including phenoxy) is 1. The number of rotatable bonds is 5. The second kappa shape index (κ2) is 6.77. The van der Waals surface area contributed by atoms with Gasteiger partial charge in [0.2, 0.25) is 0 Å². The Morgan fingerprint density at radius 2 is 1.70 bits per heavy atom. The SMILES string of the molecule is CC(C)[CH]C(C#N)c1cccc(Oc2ccccc2)c1. The van der Waals surface area contributed by atoms with E-state index in [0.29, 0.717) is 5.92 Å². The molecule has 2 aromatic rings. The summed E-state index contributed by atoms with van der Waals surface area (Å²) in [4.78, 5) is 0. The minimum absolute atomic E-state index is 0.200. The second-order valence-electron chi connectivity index (χ2n) is 5.03. The molecule has 0 aromatic heterocycles. The molecule has 0 spiro atoms. The van der Waals surface area contributed by atoms with Crippen LogP contribution in [0.2, 0.25) is 0 Å². The molecule has 1 radical (unpaired) electrons. The van der Waals surface area contributed by atoms with Crippen LogP contribution < -0.4 is 4.74 Å². The lowest BCUT2D eigenvalue weighted by atomic mass is 9.91. The van der Waals surface area contributed by atoms with E-state index in [1.54, 1.807) is 0 Å². The van der Waals surface area contributed by atoms with Crippen LogP contribution in [0.1, 0.15) is 25.3 Å². The highest BCUT2D eigenvalue weighted by Crippen LogP contribution is 2.27. The highest BCUT2D eigenvalue weighted by Gasteiger charge is 2.13. The van der Waals surface area contributed by atoms with E-state index in [1.165, 1.54) is 0 Å². The number of para-hydroxylation sites is 1. The smallest absolute Gasteiger partial charge is 0.127 e. The molecule has 0 amide bonds. The summed E-state index contributed by atoms with van der Waals surface area (Å²) in [6.07, 6.45) is 2.04. The average molecular weight is 264 g/mol. The molecule has 1 atom stereocenters. The van der Waals surface area contributed by atoms with Gasteiger partial charge in [-0.25, -0.2) is 0 Å². The van der Waals surface area contributed by atoms with Crippen molar-refractivity contribution in [3.8, 4) is 17.6 Å². The molecule has 0 heterocycles. The summed E-state index contributed by atoms with van der Waals surface area (Å²) in [6, 6.07) is 19.7. The molecule has 0 aliphatic heterocycles. The van der Waals surface area contributed by atoms with Crippen LogP contribution in [0.4, 0.5) is 0 Å². The summed E-state index contributed by atoms with van der Waals surface area (Å²) in [5, 5.41) is 9.29. The molecular formula is C18H18NO. The van der Waals surface area contributed by atoms with Gasteiger partial charge in [-0.15, -0.1) is 0 Å². The van der Waals surface area contributed by atoms with E-state index in [4.69, 9.17) is 4.74 Å². The third-order valence-corrected chi connectivity index (χ3v) is 2.91. The zero-order valence-corrected chi connectivity index (χ0v) is 11.8. The number of hydrogen-bond acceptors (Lipinski definition) is 2. The van der Waals surface area contributed by atoms with E-state index in [0.717, 1.165) is 17.1 Å². The Kier molecular flexibility index (Phi) is 4.79. The van der Waals surface area contributed by atoms with Gasteiger partial charge in [0.25, 0.3) is 0 Å². The molecule has 0 aliphatic carbocycles. The first-order chi connectivity index (χ1) is 9.69. The number of benzene rings is 2. The lowest BCUT2D eigenvalue weighted by Crippen LogP contribution is -2.02. The minimum Gasteiger partial charge on any atom is -0.457 e. The molecule has 101 valence electrons. The molecule has 2 nitrogen and oxygen atoms in total. The predicted octanol–water partition coefficient (Wildman–Crippen LogP) is 4.95. The molecular weight excluding hydrogens is 246 g/mol. The third kappa shape index (κ3) is 3.86. The average Bonchev–Trinajstić information content (AvgIpc) is 2.46. The number of hydrogen-bond donors (Lipinski definition) is 0. The van der Waals surface area contributed by atoms with E-state index in [9.17, 15) is 5.26 Å². The van der Waals surface area contributed by atoms with Crippen molar-refractivity contribution < 1.29 is 4.74 Å².